The van der Waals surface area contributed by atoms with Crippen molar-refractivity contribution in [3.05, 3.63) is 35.4 Å². The van der Waals surface area contributed by atoms with Crippen LogP contribution in [0.1, 0.15) is 50.3 Å². The number of rotatable bonds is 5. The first kappa shape index (κ1) is 12.6. The Morgan fingerprint density at radius 1 is 1.24 bits per heavy atom. The molecule has 17 heavy (non-hydrogen) atoms. The lowest BCUT2D eigenvalue weighted by Crippen LogP contribution is -2.23. The Labute approximate surface area is 106 Å². The first-order valence-corrected chi connectivity index (χ1v) is 7.05. The van der Waals surface area contributed by atoms with Crippen LogP contribution in [0, 0.1) is 11.8 Å². The van der Waals surface area contributed by atoms with Gasteiger partial charge in [-0.15, -0.1) is 0 Å². The molecule has 0 aliphatic heterocycles. The monoisotopic (exact) mass is 231 g/mol. The van der Waals surface area contributed by atoms with Crippen molar-refractivity contribution in [2.45, 2.75) is 45.6 Å². The van der Waals surface area contributed by atoms with Crippen molar-refractivity contribution in [1.29, 1.82) is 0 Å². The van der Waals surface area contributed by atoms with E-state index in [4.69, 9.17) is 0 Å². The molecule has 0 saturated heterocycles. The summed E-state index contributed by atoms with van der Waals surface area (Å²) in [4.78, 5) is 0. The van der Waals surface area contributed by atoms with Crippen LogP contribution in [0.2, 0.25) is 0 Å². The first-order chi connectivity index (χ1) is 8.30. The highest BCUT2D eigenvalue weighted by Gasteiger charge is 2.31. The third-order valence-corrected chi connectivity index (χ3v) is 4.45. The zero-order valence-corrected chi connectivity index (χ0v) is 11.4. The summed E-state index contributed by atoms with van der Waals surface area (Å²) in [6.45, 7) is 4.65. The Balaban J connectivity index is 2.12. The van der Waals surface area contributed by atoms with E-state index in [-0.39, 0.29) is 0 Å². The van der Waals surface area contributed by atoms with E-state index in [9.17, 15) is 0 Å². The van der Waals surface area contributed by atoms with Gasteiger partial charge in [-0.05, 0) is 42.9 Å². The van der Waals surface area contributed by atoms with E-state index in [1.807, 2.05) is 0 Å². The van der Waals surface area contributed by atoms with E-state index >= 15 is 0 Å². The summed E-state index contributed by atoms with van der Waals surface area (Å²) in [7, 11) is 2.10. The van der Waals surface area contributed by atoms with E-state index in [2.05, 4.69) is 50.5 Å². The Hall–Kier alpha value is -0.820. The van der Waals surface area contributed by atoms with Gasteiger partial charge < -0.3 is 5.32 Å². The third kappa shape index (κ3) is 2.55. The normalized spacial score (nSPS) is 23.1. The molecule has 0 fully saturated rings. The summed E-state index contributed by atoms with van der Waals surface area (Å²) in [5, 5.41) is 3.52. The number of hydrogen-bond donors (Lipinski definition) is 1. The first-order valence-electron chi connectivity index (χ1n) is 7.05. The van der Waals surface area contributed by atoms with Crippen LogP contribution in [0.3, 0.4) is 0 Å². The summed E-state index contributed by atoms with van der Waals surface area (Å²) < 4.78 is 0. The SMILES string of the molecule is CCC(CC)CC1Cc2ccccc2C1NC. The molecule has 1 aliphatic carbocycles. The predicted octanol–water partition coefficient (Wildman–Crippen LogP) is 3.95. The molecule has 0 bridgehead atoms. The van der Waals surface area contributed by atoms with E-state index in [0.29, 0.717) is 6.04 Å². The van der Waals surface area contributed by atoms with Gasteiger partial charge in [0.05, 0.1) is 0 Å². The van der Waals surface area contributed by atoms with Crippen LogP contribution < -0.4 is 5.32 Å². The predicted molar refractivity (Wildman–Crippen MR) is 74.1 cm³/mol. The van der Waals surface area contributed by atoms with Crippen LogP contribution in [-0.4, -0.2) is 7.05 Å². The van der Waals surface area contributed by atoms with Crippen molar-refractivity contribution in [2.24, 2.45) is 11.8 Å². The van der Waals surface area contributed by atoms with Gasteiger partial charge in [0, 0.05) is 6.04 Å². The molecule has 0 saturated carbocycles. The highest BCUT2D eigenvalue weighted by atomic mass is 14.9. The molecule has 0 aromatic heterocycles. The lowest BCUT2D eigenvalue weighted by atomic mass is 9.86. The summed E-state index contributed by atoms with van der Waals surface area (Å²) in [5.41, 5.74) is 3.09. The van der Waals surface area contributed by atoms with Gasteiger partial charge in [0.2, 0.25) is 0 Å². The van der Waals surface area contributed by atoms with Gasteiger partial charge in [-0.25, -0.2) is 0 Å². The minimum absolute atomic E-state index is 0.576. The Morgan fingerprint density at radius 2 is 1.94 bits per heavy atom. The molecule has 1 nitrogen and oxygen atoms in total. The van der Waals surface area contributed by atoms with Crippen LogP contribution in [-0.2, 0) is 6.42 Å². The van der Waals surface area contributed by atoms with Crippen molar-refractivity contribution in [3.8, 4) is 0 Å². The molecule has 2 rings (SSSR count). The maximum absolute atomic E-state index is 3.52. The minimum atomic E-state index is 0.576. The largest absolute Gasteiger partial charge is 0.313 e. The maximum Gasteiger partial charge on any atom is 0.0352 e. The number of nitrogens with one attached hydrogen (secondary N) is 1. The highest BCUT2D eigenvalue weighted by molar-refractivity contribution is 5.35. The molecular formula is C16H25N. The quantitative estimate of drug-likeness (QED) is 0.809. The van der Waals surface area contributed by atoms with E-state index in [0.717, 1.165) is 11.8 Å². The van der Waals surface area contributed by atoms with Crippen LogP contribution in [0.15, 0.2) is 24.3 Å². The Kier molecular flexibility index (Phi) is 4.22. The third-order valence-electron chi connectivity index (χ3n) is 4.45. The van der Waals surface area contributed by atoms with Crippen molar-refractivity contribution in [1.82, 2.24) is 5.32 Å². The standard InChI is InChI=1S/C16H25N/c1-4-12(5-2)10-14-11-13-8-6-7-9-15(13)16(14)17-3/h6-9,12,14,16-17H,4-5,10-11H2,1-3H3. The van der Waals surface area contributed by atoms with Crippen molar-refractivity contribution < 1.29 is 0 Å². The van der Waals surface area contributed by atoms with Crippen LogP contribution in [0.4, 0.5) is 0 Å². The fraction of sp³-hybridized carbons (Fsp3) is 0.625. The lowest BCUT2D eigenvalue weighted by molar-refractivity contribution is 0.306. The fourth-order valence-electron chi connectivity index (χ4n) is 3.34. The van der Waals surface area contributed by atoms with Gasteiger partial charge in [-0.1, -0.05) is 51.0 Å². The number of hydrogen-bond acceptors (Lipinski definition) is 1. The molecule has 1 aromatic carbocycles. The molecule has 1 aliphatic rings. The molecule has 94 valence electrons. The number of fused-ring (bicyclic) bond motifs is 1. The second-order valence-electron chi connectivity index (χ2n) is 5.35. The van der Waals surface area contributed by atoms with Gasteiger partial charge in [0.25, 0.3) is 0 Å². The molecule has 0 heterocycles. The fourth-order valence-corrected chi connectivity index (χ4v) is 3.34. The molecule has 1 N–H and O–H groups in total. The van der Waals surface area contributed by atoms with Gasteiger partial charge in [0.1, 0.15) is 0 Å². The van der Waals surface area contributed by atoms with Crippen LogP contribution >= 0.6 is 0 Å². The zero-order chi connectivity index (χ0) is 12.3. The summed E-state index contributed by atoms with van der Waals surface area (Å²) in [6, 6.07) is 9.51. The van der Waals surface area contributed by atoms with Crippen LogP contribution in [0.25, 0.3) is 0 Å². The average molecular weight is 231 g/mol. The summed E-state index contributed by atoms with van der Waals surface area (Å²) >= 11 is 0. The maximum atomic E-state index is 3.52. The van der Waals surface area contributed by atoms with Crippen LogP contribution in [0.5, 0.6) is 0 Å². The Morgan fingerprint density at radius 3 is 2.59 bits per heavy atom. The van der Waals surface area contributed by atoms with Gasteiger partial charge in [-0.2, -0.15) is 0 Å². The topological polar surface area (TPSA) is 12.0 Å². The summed E-state index contributed by atoms with van der Waals surface area (Å²) in [6.07, 6.45) is 5.27. The second kappa shape index (κ2) is 5.68. The molecular weight excluding hydrogens is 206 g/mol. The van der Waals surface area contributed by atoms with Crippen molar-refractivity contribution >= 4 is 0 Å². The molecule has 1 aromatic rings. The molecule has 0 radical (unpaired) electrons. The molecule has 2 atom stereocenters. The Bertz CT molecular complexity index is 354. The van der Waals surface area contributed by atoms with E-state index in [1.54, 1.807) is 5.56 Å². The lowest BCUT2D eigenvalue weighted by Gasteiger charge is -2.24. The van der Waals surface area contributed by atoms with Gasteiger partial charge >= 0.3 is 0 Å². The smallest absolute Gasteiger partial charge is 0.0352 e. The van der Waals surface area contributed by atoms with E-state index in [1.165, 1.54) is 31.2 Å². The van der Waals surface area contributed by atoms with Gasteiger partial charge in [0.15, 0.2) is 0 Å². The molecule has 0 amide bonds. The van der Waals surface area contributed by atoms with E-state index < -0.39 is 0 Å². The van der Waals surface area contributed by atoms with Crippen molar-refractivity contribution in [3.63, 3.8) is 0 Å². The van der Waals surface area contributed by atoms with Crippen molar-refractivity contribution in [2.75, 3.05) is 7.05 Å². The zero-order valence-electron chi connectivity index (χ0n) is 11.4. The second-order valence-corrected chi connectivity index (χ2v) is 5.35. The highest BCUT2D eigenvalue weighted by Crippen LogP contribution is 2.39. The molecule has 1 heteroatoms. The number of benzene rings is 1. The molecule has 0 spiro atoms. The van der Waals surface area contributed by atoms with Gasteiger partial charge in [-0.3, -0.25) is 0 Å². The molecule has 2 unspecified atom stereocenters. The average Bonchev–Trinajstić information content (AvgIpc) is 2.72. The summed E-state index contributed by atoms with van der Waals surface area (Å²) in [5.74, 6) is 1.69. The minimum Gasteiger partial charge on any atom is -0.313 e.